The summed E-state index contributed by atoms with van der Waals surface area (Å²) >= 11 is 7.73. The molecule has 2 N–H and O–H groups in total. The lowest BCUT2D eigenvalue weighted by molar-refractivity contribution is 0.620. The van der Waals surface area contributed by atoms with E-state index in [0.717, 1.165) is 0 Å². The van der Waals surface area contributed by atoms with Crippen LogP contribution in [0.3, 0.4) is 0 Å². The summed E-state index contributed by atoms with van der Waals surface area (Å²) < 4.78 is 13.6. The zero-order chi connectivity index (χ0) is 13.8. The maximum absolute atomic E-state index is 13.2. The molecular weight excluding hydrogens is 386 g/mol. The molecule has 6 nitrogen and oxygen atoms in total. The fraction of sp³-hybridized carbons (Fsp3) is 0. The number of tetrazole rings is 1. The molecule has 1 heterocycles. The molecule has 0 saturated carbocycles. The lowest BCUT2D eigenvalue weighted by atomic mass is 10.3. The van der Waals surface area contributed by atoms with Crippen LogP contribution in [0.25, 0.3) is 5.57 Å². The van der Waals surface area contributed by atoms with Gasteiger partial charge in [-0.15, -0.1) is 10.2 Å². The molecule has 0 spiro atoms. The third-order valence-electron chi connectivity index (χ3n) is 2.09. The van der Waals surface area contributed by atoms with Crippen LogP contribution >= 0.6 is 34.2 Å². The minimum absolute atomic E-state index is 0.155. The second-order valence-electron chi connectivity index (χ2n) is 3.30. The second kappa shape index (κ2) is 5.94. The Labute approximate surface area is 125 Å². The minimum atomic E-state index is -0.404. The highest BCUT2D eigenvalue weighted by Crippen LogP contribution is 2.26. The molecular formula is C10H5ClFIN6. The molecule has 2 aromatic rings. The van der Waals surface area contributed by atoms with Gasteiger partial charge in [0.1, 0.15) is 17.5 Å². The number of H-pyrrole nitrogens is 1. The van der Waals surface area contributed by atoms with Gasteiger partial charge in [0.25, 0.3) is 0 Å². The molecule has 1 aromatic heterocycles. The Kier molecular flexibility index (Phi) is 4.28. The fourth-order valence-electron chi connectivity index (χ4n) is 1.21. The molecule has 0 aliphatic heterocycles. The topological polar surface area (TPSA) is 90.3 Å². The molecule has 0 atom stereocenters. The molecule has 0 unspecified atom stereocenters. The third-order valence-corrected chi connectivity index (χ3v) is 3.23. The van der Waals surface area contributed by atoms with Crippen molar-refractivity contribution in [3.05, 3.63) is 38.6 Å². The summed E-state index contributed by atoms with van der Waals surface area (Å²) in [7, 11) is 0. The quantitative estimate of drug-likeness (QED) is 0.478. The van der Waals surface area contributed by atoms with Crippen molar-refractivity contribution in [1.82, 2.24) is 20.6 Å². The average molecular weight is 391 g/mol. The molecule has 96 valence electrons. The molecule has 0 aliphatic rings. The largest absolute Gasteiger partial charge is 0.359 e. The number of hydrogen-bond donors (Lipinski definition) is 2. The van der Waals surface area contributed by atoms with E-state index < -0.39 is 5.82 Å². The van der Waals surface area contributed by atoms with E-state index >= 15 is 0 Å². The molecule has 9 heteroatoms. The van der Waals surface area contributed by atoms with E-state index in [9.17, 15) is 4.39 Å². The van der Waals surface area contributed by atoms with Crippen LogP contribution in [0.15, 0.2) is 18.3 Å². The lowest BCUT2D eigenvalue weighted by Gasteiger charge is -2.05. The van der Waals surface area contributed by atoms with Crippen molar-refractivity contribution in [2.75, 3.05) is 5.32 Å². The van der Waals surface area contributed by atoms with Crippen molar-refractivity contribution < 1.29 is 4.39 Å². The van der Waals surface area contributed by atoms with E-state index in [1.54, 1.807) is 0 Å². The van der Waals surface area contributed by atoms with Gasteiger partial charge in [-0.25, -0.2) is 4.39 Å². The fourth-order valence-corrected chi connectivity index (χ4v) is 1.88. The number of halogens is 3. The zero-order valence-corrected chi connectivity index (χ0v) is 12.1. The van der Waals surface area contributed by atoms with Crippen LogP contribution in [0.4, 0.5) is 10.1 Å². The maximum Gasteiger partial charge on any atom is 0.216 e. The smallest absolute Gasteiger partial charge is 0.216 e. The van der Waals surface area contributed by atoms with Crippen molar-refractivity contribution in [2.45, 2.75) is 0 Å². The molecule has 2 rings (SSSR count). The van der Waals surface area contributed by atoms with Crippen LogP contribution < -0.4 is 5.32 Å². The number of nitrogens with one attached hydrogen (secondary N) is 2. The summed E-state index contributed by atoms with van der Waals surface area (Å²) in [5.74, 6) is -0.248. The highest BCUT2D eigenvalue weighted by Gasteiger charge is 2.08. The van der Waals surface area contributed by atoms with E-state index in [-0.39, 0.29) is 16.4 Å². The molecule has 0 radical (unpaired) electrons. The maximum atomic E-state index is 13.2. The highest BCUT2D eigenvalue weighted by atomic mass is 127. The van der Waals surface area contributed by atoms with Gasteiger partial charge in [0, 0.05) is 6.20 Å². The Morgan fingerprint density at radius 2 is 2.37 bits per heavy atom. The van der Waals surface area contributed by atoms with Crippen molar-refractivity contribution in [1.29, 1.82) is 5.26 Å². The summed E-state index contributed by atoms with van der Waals surface area (Å²) in [6.45, 7) is 0. The van der Waals surface area contributed by atoms with Gasteiger partial charge in [0.2, 0.25) is 5.82 Å². The number of anilines is 1. The molecule has 0 amide bonds. The van der Waals surface area contributed by atoms with Crippen molar-refractivity contribution >= 4 is 45.5 Å². The normalized spacial score (nSPS) is 11.2. The Morgan fingerprint density at radius 1 is 1.58 bits per heavy atom. The molecule has 0 aliphatic carbocycles. The van der Waals surface area contributed by atoms with Gasteiger partial charge in [-0.1, -0.05) is 11.6 Å². The Hall–Kier alpha value is -1.73. The number of benzene rings is 1. The molecule has 0 bridgehead atoms. The summed E-state index contributed by atoms with van der Waals surface area (Å²) in [4.78, 5) is 0. The van der Waals surface area contributed by atoms with Gasteiger partial charge < -0.3 is 5.32 Å². The summed E-state index contributed by atoms with van der Waals surface area (Å²) in [5.41, 5.74) is 0.646. The van der Waals surface area contributed by atoms with Crippen molar-refractivity contribution in [3.63, 3.8) is 0 Å². The average Bonchev–Trinajstić information content (AvgIpc) is 2.90. The Morgan fingerprint density at radius 3 is 3.00 bits per heavy atom. The zero-order valence-electron chi connectivity index (χ0n) is 9.15. The standard InChI is InChI=1S/C10H5ClFIN6/c11-6-1-7(12)8(13)2-9(6)15-4-5(3-14)10-16-18-19-17-10/h1-2,4,15H,(H,16,17,18,19). The number of allylic oxidation sites excluding steroid dienone is 1. The van der Waals surface area contributed by atoms with Crippen LogP contribution in [0.5, 0.6) is 0 Å². The van der Waals surface area contributed by atoms with Gasteiger partial charge in [0.15, 0.2) is 0 Å². The first-order valence-electron chi connectivity index (χ1n) is 4.87. The Bertz CT molecular complexity index is 663. The van der Waals surface area contributed by atoms with E-state index in [4.69, 9.17) is 16.9 Å². The van der Waals surface area contributed by atoms with Crippen LogP contribution in [-0.4, -0.2) is 20.6 Å². The third kappa shape index (κ3) is 3.18. The highest BCUT2D eigenvalue weighted by molar-refractivity contribution is 14.1. The van der Waals surface area contributed by atoms with Gasteiger partial charge >= 0.3 is 0 Å². The first-order chi connectivity index (χ1) is 9.11. The molecule has 1 aromatic carbocycles. The molecule has 0 saturated heterocycles. The monoisotopic (exact) mass is 390 g/mol. The summed E-state index contributed by atoms with van der Waals surface area (Å²) in [5, 5.41) is 25.0. The molecule has 0 fully saturated rings. The van der Waals surface area contributed by atoms with Crippen molar-refractivity contribution in [2.24, 2.45) is 0 Å². The number of hydrogen-bond acceptors (Lipinski definition) is 5. The van der Waals surface area contributed by atoms with Crippen LogP contribution in [0.1, 0.15) is 5.82 Å². The van der Waals surface area contributed by atoms with Crippen LogP contribution in [-0.2, 0) is 0 Å². The predicted molar refractivity (Wildman–Crippen MR) is 75.5 cm³/mol. The number of rotatable bonds is 3. The van der Waals surface area contributed by atoms with E-state index in [2.05, 4.69) is 25.9 Å². The number of aromatic amines is 1. The number of nitrogens with zero attached hydrogens (tertiary/aromatic N) is 4. The predicted octanol–water partition coefficient (Wildman–Crippen LogP) is 2.57. The van der Waals surface area contributed by atoms with Gasteiger partial charge in [0.05, 0.1) is 14.3 Å². The van der Waals surface area contributed by atoms with E-state index in [0.29, 0.717) is 9.26 Å². The van der Waals surface area contributed by atoms with Gasteiger partial charge in [-0.05, 0) is 39.9 Å². The minimum Gasteiger partial charge on any atom is -0.359 e. The summed E-state index contributed by atoms with van der Waals surface area (Å²) in [6, 6.07) is 4.64. The van der Waals surface area contributed by atoms with Gasteiger partial charge in [-0.3, -0.25) is 0 Å². The number of nitriles is 1. The first kappa shape index (κ1) is 13.7. The van der Waals surface area contributed by atoms with Crippen LogP contribution in [0.2, 0.25) is 5.02 Å². The lowest BCUT2D eigenvalue weighted by Crippen LogP contribution is -1.95. The second-order valence-corrected chi connectivity index (χ2v) is 4.87. The Balaban J connectivity index is 2.27. The SMILES string of the molecule is N#CC(=CNc1cc(I)c(F)cc1Cl)c1nn[nH]n1. The first-order valence-corrected chi connectivity index (χ1v) is 6.32. The van der Waals surface area contributed by atoms with Crippen molar-refractivity contribution in [3.8, 4) is 6.07 Å². The van der Waals surface area contributed by atoms with Crippen LogP contribution in [0, 0.1) is 20.7 Å². The van der Waals surface area contributed by atoms with Gasteiger partial charge in [-0.2, -0.15) is 10.5 Å². The van der Waals surface area contributed by atoms with E-state index in [1.807, 2.05) is 28.7 Å². The van der Waals surface area contributed by atoms with E-state index in [1.165, 1.54) is 18.3 Å². The summed E-state index contributed by atoms with van der Waals surface area (Å²) in [6.07, 6.45) is 1.38. The molecule has 19 heavy (non-hydrogen) atoms. The number of aromatic nitrogens is 4.